The highest BCUT2D eigenvalue weighted by Crippen LogP contribution is 2.35. The number of ether oxygens (including phenoxy) is 1. The Kier molecular flexibility index (Phi) is 5.08. The zero-order valence-electron chi connectivity index (χ0n) is 14.9. The van der Waals surface area contributed by atoms with E-state index >= 15 is 0 Å². The van der Waals surface area contributed by atoms with Gasteiger partial charge in [0.25, 0.3) is 11.8 Å². The summed E-state index contributed by atoms with van der Waals surface area (Å²) in [5.74, 6) is -0.982. The maximum Gasteiger partial charge on any atom is 0.335 e. The maximum absolute atomic E-state index is 12.5. The van der Waals surface area contributed by atoms with Gasteiger partial charge in [-0.1, -0.05) is 42.2 Å². The molecule has 2 heterocycles. The molecule has 29 heavy (non-hydrogen) atoms. The predicted octanol–water partition coefficient (Wildman–Crippen LogP) is 2.80. The largest absolute Gasteiger partial charge is 0.482 e. The van der Waals surface area contributed by atoms with Crippen molar-refractivity contribution in [3.8, 4) is 5.75 Å². The molecule has 2 aliphatic rings. The van der Waals surface area contributed by atoms with Crippen molar-refractivity contribution in [1.82, 2.24) is 5.32 Å². The van der Waals surface area contributed by atoms with E-state index in [1.807, 2.05) is 0 Å². The highest BCUT2D eigenvalue weighted by molar-refractivity contribution is 8.26. The first-order valence-corrected chi connectivity index (χ1v) is 9.77. The smallest absolute Gasteiger partial charge is 0.335 e. The number of benzene rings is 2. The van der Waals surface area contributed by atoms with Gasteiger partial charge in [-0.2, -0.15) is 0 Å². The molecule has 0 atom stereocenters. The topological polar surface area (TPSA) is 95.9 Å². The van der Waals surface area contributed by atoms with E-state index in [-0.39, 0.29) is 30.5 Å². The lowest BCUT2D eigenvalue weighted by Crippen LogP contribution is -2.38. The molecule has 0 aliphatic carbocycles. The summed E-state index contributed by atoms with van der Waals surface area (Å²) >= 11 is 6.18. The van der Waals surface area contributed by atoms with Crippen molar-refractivity contribution >= 4 is 57.8 Å². The number of carboxylic acid groups (broad SMARTS) is 1. The molecule has 2 amide bonds. The van der Waals surface area contributed by atoms with Gasteiger partial charge in [-0.25, -0.2) is 4.79 Å². The molecule has 0 saturated carbocycles. The van der Waals surface area contributed by atoms with E-state index in [1.165, 1.54) is 23.9 Å². The fourth-order valence-electron chi connectivity index (χ4n) is 3.04. The van der Waals surface area contributed by atoms with Gasteiger partial charge in [0.15, 0.2) is 6.61 Å². The summed E-state index contributed by atoms with van der Waals surface area (Å²) in [6.45, 7) is 0.105. The van der Waals surface area contributed by atoms with Crippen molar-refractivity contribution in [1.29, 1.82) is 0 Å². The van der Waals surface area contributed by atoms with Gasteiger partial charge in [0.1, 0.15) is 10.1 Å². The summed E-state index contributed by atoms with van der Waals surface area (Å²) in [6.07, 6.45) is 1.70. The van der Waals surface area contributed by atoms with E-state index in [4.69, 9.17) is 17.0 Å². The molecule has 0 radical (unpaired) electrons. The second kappa shape index (κ2) is 7.69. The summed E-state index contributed by atoms with van der Waals surface area (Å²) in [5, 5.41) is 11.7. The van der Waals surface area contributed by atoms with Gasteiger partial charge in [-0.3, -0.25) is 9.59 Å². The van der Waals surface area contributed by atoms with Gasteiger partial charge < -0.3 is 20.1 Å². The molecular formula is C20H14N2O5S2. The standard InChI is InChI=1S/C20H14N2O5S2/c23-17-10-27-15-5-4-11(8-16-18(24)21-20(28)29-16)7-14(15)22(17)9-12-2-1-3-13(6-12)19(25)26/h1-8H,9-10H2,(H,25,26)(H,21,24,28)/b16-8+. The Hall–Kier alpha value is -3.17. The fourth-order valence-corrected chi connectivity index (χ4v) is 4.08. The van der Waals surface area contributed by atoms with E-state index in [2.05, 4.69) is 5.32 Å². The number of carbonyl (C=O) groups is 3. The van der Waals surface area contributed by atoms with Crippen molar-refractivity contribution < 1.29 is 24.2 Å². The van der Waals surface area contributed by atoms with Crippen LogP contribution in [0.15, 0.2) is 47.4 Å². The maximum atomic E-state index is 12.5. The number of thioether (sulfide) groups is 1. The van der Waals surface area contributed by atoms with Crippen molar-refractivity contribution in [2.75, 3.05) is 11.5 Å². The summed E-state index contributed by atoms with van der Waals surface area (Å²) in [6, 6.07) is 11.7. The SMILES string of the molecule is O=C1NC(=S)S/C1=C/c1ccc2c(c1)N(Cc1cccc(C(=O)O)c1)C(=O)CO2. The van der Waals surface area contributed by atoms with Crippen molar-refractivity contribution in [3.63, 3.8) is 0 Å². The van der Waals surface area contributed by atoms with Gasteiger partial charge in [0.2, 0.25) is 0 Å². The second-order valence-electron chi connectivity index (χ2n) is 6.35. The number of nitrogens with one attached hydrogen (secondary N) is 1. The minimum Gasteiger partial charge on any atom is -0.482 e. The number of aromatic carboxylic acids is 1. The Balaban J connectivity index is 1.67. The minimum atomic E-state index is -1.03. The van der Waals surface area contributed by atoms with E-state index in [0.29, 0.717) is 31.8 Å². The highest BCUT2D eigenvalue weighted by Gasteiger charge is 2.27. The molecule has 2 N–H and O–H groups in total. The van der Waals surface area contributed by atoms with Crippen LogP contribution in [-0.2, 0) is 16.1 Å². The number of fused-ring (bicyclic) bond motifs is 1. The van der Waals surface area contributed by atoms with E-state index in [1.54, 1.807) is 41.3 Å². The van der Waals surface area contributed by atoms with Crippen LogP contribution in [0.1, 0.15) is 21.5 Å². The van der Waals surface area contributed by atoms with Crippen LogP contribution in [0.5, 0.6) is 5.75 Å². The molecule has 2 aromatic carbocycles. The van der Waals surface area contributed by atoms with Crippen LogP contribution in [-0.4, -0.2) is 33.8 Å². The molecule has 9 heteroatoms. The van der Waals surface area contributed by atoms with Crippen molar-refractivity contribution in [2.45, 2.75) is 6.54 Å². The lowest BCUT2D eigenvalue weighted by Gasteiger charge is -2.30. The van der Waals surface area contributed by atoms with Gasteiger partial charge in [0, 0.05) is 0 Å². The fraction of sp³-hybridized carbons (Fsp3) is 0.100. The molecule has 0 bridgehead atoms. The second-order valence-corrected chi connectivity index (χ2v) is 8.07. The van der Waals surface area contributed by atoms with Crippen LogP contribution in [0.2, 0.25) is 0 Å². The molecule has 7 nitrogen and oxygen atoms in total. The lowest BCUT2D eigenvalue weighted by molar-refractivity contribution is -0.121. The lowest BCUT2D eigenvalue weighted by atomic mass is 10.1. The van der Waals surface area contributed by atoms with Crippen molar-refractivity contribution in [3.05, 3.63) is 64.1 Å². The molecule has 2 aromatic rings. The number of amides is 2. The summed E-state index contributed by atoms with van der Waals surface area (Å²) < 4.78 is 5.92. The Labute approximate surface area is 175 Å². The zero-order chi connectivity index (χ0) is 20.5. The third kappa shape index (κ3) is 4.01. The Morgan fingerprint density at radius 1 is 1.28 bits per heavy atom. The number of rotatable bonds is 4. The van der Waals surface area contributed by atoms with E-state index in [0.717, 1.165) is 0 Å². The number of hydrogen-bond acceptors (Lipinski definition) is 6. The third-order valence-corrected chi connectivity index (χ3v) is 5.54. The molecule has 0 unspecified atom stereocenters. The number of nitrogens with zero attached hydrogens (tertiary/aromatic N) is 1. The average Bonchev–Trinajstić information content (AvgIpc) is 3.01. The number of carbonyl (C=O) groups excluding carboxylic acids is 2. The highest BCUT2D eigenvalue weighted by atomic mass is 32.2. The normalized spacial score (nSPS) is 17.2. The van der Waals surface area contributed by atoms with Gasteiger partial charge in [0.05, 0.1) is 22.7 Å². The molecule has 2 aliphatic heterocycles. The summed E-state index contributed by atoms with van der Waals surface area (Å²) in [7, 11) is 0. The molecular weight excluding hydrogens is 412 g/mol. The van der Waals surface area contributed by atoms with Gasteiger partial charge in [-0.15, -0.1) is 0 Å². The first-order chi connectivity index (χ1) is 13.9. The van der Waals surface area contributed by atoms with Crippen LogP contribution < -0.4 is 15.0 Å². The third-order valence-electron chi connectivity index (χ3n) is 4.38. The van der Waals surface area contributed by atoms with Crippen LogP contribution in [0.25, 0.3) is 6.08 Å². The van der Waals surface area contributed by atoms with Crippen LogP contribution in [0.3, 0.4) is 0 Å². The van der Waals surface area contributed by atoms with Crippen LogP contribution in [0, 0.1) is 0 Å². The molecule has 0 spiro atoms. The number of anilines is 1. The van der Waals surface area contributed by atoms with Crippen molar-refractivity contribution in [2.24, 2.45) is 0 Å². The van der Waals surface area contributed by atoms with E-state index in [9.17, 15) is 19.5 Å². The Morgan fingerprint density at radius 3 is 2.83 bits per heavy atom. The Bertz CT molecular complexity index is 1100. The monoisotopic (exact) mass is 426 g/mol. The first-order valence-electron chi connectivity index (χ1n) is 8.55. The molecule has 0 aromatic heterocycles. The number of thiocarbonyl (C=S) groups is 1. The predicted molar refractivity (Wildman–Crippen MR) is 113 cm³/mol. The summed E-state index contributed by atoms with van der Waals surface area (Å²) in [5.41, 5.74) is 2.11. The van der Waals surface area contributed by atoms with Crippen LogP contribution in [0.4, 0.5) is 5.69 Å². The molecule has 1 saturated heterocycles. The summed E-state index contributed by atoms with van der Waals surface area (Å²) in [4.78, 5) is 37.6. The molecule has 4 rings (SSSR count). The average molecular weight is 426 g/mol. The van der Waals surface area contributed by atoms with E-state index < -0.39 is 5.97 Å². The minimum absolute atomic E-state index is 0.0986. The molecule has 146 valence electrons. The molecule has 1 fully saturated rings. The van der Waals surface area contributed by atoms with Crippen LogP contribution >= 0.6 is 24.0 Å². The number of hydrogen-bond donors (Lipinski definition) is 2. The van der Waals surface area contributed by atoms with Gasteiger partial charge in [-0.05, 0) is 41.5 Å². The Morgan fingerprint density at radius 2 is 2.10 bits per heavy atom. The van der Waals surface area contributed by atoms with Gasteiger partial charge >= 0.3 is 5.97 Å². The first kappa shape index (κ1) is 19.2. The number of carboxylic acids is 1. The zero-order valence-corrected chi connectivity index (χ0v) is 16.5. The quantitative estimate of drug-likeness (QED) is 0.573.